The van der Waals surface area contributed by atoms with Crippen molar-refractivity contribution in [3.05, 3.63) is 28.0 Å². The summed E-state index contributed by atoms with van der Waals surface area (Å²) in [4.78, 5) is 3.77. The summed E-state index contributed by atoms with van der Waals surface area (Å²) in [6.45, 7) is 0. The second kappa shape index (κ2) is 4.35. The first-order valence-electron chi connectivity index (χ1n) is 1.98. The average Bonchev–Trinajstić information content (AvgIpc) is 1.77. The number of halogens is 2. The molecule has 0 bridgehead atoms. The van der Waals surface area contributed by atoms with Gasteiger partial charge < -0.3 is 4.98 Å². The summed E-state index contributed by atoms with van der Waals surface area (Å²) in [6, 6.07) is 4.51. The Morgan fingerprint density at radius 3 is 2.67 bits per heavy atom. The fourth-order valence-corrected chi connectivity index (χ4v) is 0.675. The van der Waals surface area contributed by atoms with Crippen molar-refractivity contribution >= 4 is 27.5 Å². The number of rotatable bonds is 0. The summed E-state index contributed by atoms with van der Waals surface area (Å²) in [5.41, 5.74) is 0. The fourth-order valence-electron chi connectivity index (χ4n) is 0.329. The number of hydrogen-bond acceptors (Lipinski definition) is 1. The van der Waals surface area contributed by atoms with E-state index in [1.54, 1.807) is 12.3 Å². The number of pyridine rings is 1. The normalized spacial score (nSPS) is 8.22. The van der Waals surface area contributed by atoms with Gasteiger partial charge in [0.25, 0.3) is 0 Å². The molecule has 0 fully saturated rings. The van der Waals surface area contributed by atoms with Gasteiger partial charge in [0.05, 0.1) is 0 Å². The summed E-state index contributed by atoms with van der Waals surface area (Å²) in [5, 5.41) is 0.451. The van der Waals surface area contributed by atoms with Gasteiger partial charge in [-0.3, -0.25) is 0 Å². The van der Waals surface area contributed by atoms with Crippen LogP contribution in [-0.2, 0) is 0 Å². The van der Waals surface area contributed by atoms with E-state index in [0.717, 1.165) is 0 Å². The van der Waals surface area contributed by atoms with Crippen LogP contribution in [0, 0.1) is 6.07 Å². The fraction of sp³-hybridized carbons (Fsp3) is 0. The van der Waals surface area contributed by atoms with E-state index in [0.29, 0.717) is 9.63 Å². The predicted molar refractivity (Wildman–Crippen MR) is 35.8 cm³/mol. The van der Waals surface area contributed by atoms with Gasteiger partial charge in [-0.1, -0.05) is 26.6 Å². The Kier molecular flexibility index (Phi) is 4.60. The van der Waals surface area contributed by atoms with E-state index in [-0.39, 0.29) is 18.9 Å². The van der Waals surface area contributed by atoms with Gasteiger partial charge in [-0.05, 0) is 0 Å². The summed E-state index contributed by atoms with van der Waals surface area (Å²) >= 11 is 8.66. The predicted octanol–water partition coefficient (Wildman–Crippen LogP) is -0.698. The summed E-state index contributed by atoms with van der Waals surface area (Å²) in [6.07, 6.45) is 1.59. The van der Waals surface area contributed by atoms with E-state index in [1.165, 1.54) is 0 Å². The maximum atomic E-state index is 5.52. The molecule has 1 aromatic heterocycles. The summed E-state index contributed by atoms with van der Waals surface area (Å²) in [5.74, 6) is 0. The molecule has 0 atom stereocenters. The van der Waals surface area contributed by atoms with Gasteiger partial charge in [0, 0.05) is 5.15 Å². The molecule has 4 heteroatoms. The van der Waals surface area contributed by atoms with E-state index >= 15 is 0 Å². The number of nitrogens with zero attached hydrogens (tertiary/aromatic N) is 1. The molecule has 0 saturated carbocycles. The summed E-state index contributed by atoms with van der Waals surface area (Å²) in [7, 11) is 0. The molecule has 9 heavy (non-hydrogen) atoms. The number of hydrogen-bond donors (Lipinski definition) is 0. The van der Waals surface area contributed by atoms with Crippen LogP contribution in [0.15, 0.2) is 16.7 Å². The van der Waals surface area contributed by atoms with Crippen molar-refractivity contribution in [3.63, 3.8) is 0 Å². The molecule has 0 spiro atoms. The van der Waals surface area contributed by atoms with Crippen LogP contribution in [0.25, 0.3) is 0 Å². The monoisotopic (exact) mass is 197 g/mol. The van der Waals surface area contributed by atoms with Gasteiger partial charge in [0.1, 0.15) is 0 Å². The molecule has 1 heterocycles. The van der Waals surface area contributed by atoms with Crippen LogP contribution in [0.4, 0.5) is 0 Å². The molecule has 0 aliphatic heterocycles. The van der Waals surface area contributed by atoms with Crippen molar-refractivity contribution in [2.75, 3.05) is 0 Å². The molecule has 0 unspecified atom stereocenters. The third kappa shape index (κ3) is 2.73. The second-order valence-electron chi connectivity index (χ2n) is 1.19. The van der Waals surface area contributed by atoms with Crippen LogP contribution < -0.4 is 18.9 Å². The Morgan fingerprint density at radius 2 is 2.33 bits per heavy atom. The molecule has 0 N–H and O–H groups in total. The molecule has 0 aromatic carbocycles. The first-order valence-corrected chi connectivity index (χ1v) is 3.15. The van der Waals surface area contributed by atoms with Crippen molar-refractivity contribution < 1.29 is 18.9 Å². The van der Waals surface area contributed by atoms with Crippen LogP contribution in [0.1, 0.15) is 0 Å². The molecule has 0 aliphatic carbocycles. The van der Waals surface area contributed by atoms with Crippen molar-refractivity contribution in [2.45, 2.75) is 0 Å². The molecule has 1 rings (SSSR count). The quantitative estimate of drug-likeness (QED) is 0.305. The first kappa shape index (κ1) is 9.52. The molecule has 0 saturated heterocycles. The van der Waals surface area contributed by atoms with Gasteiger partial charge in [-0.15, -0.1) is 11.6 Å². The third-order valence-corrected chi connectivity index (χ3v) is 1.77. The Labute approximate surface area is 79.1 Å². The zero-order valence-corrected chi connectivity index (χ0v) is 7.20. The Balaban J connectivity index is 0.000000640. The van der Waals surface area contributed by atoms with Crippen LogP contribution in [-0.4, -0.2) is 4.98 Å². The van der Waals surface area contributed by atoms with Gasteiger partial charge in [0.15, 0.2) is 0 Å². The van der Waals surface area contributed by atoms with Crippen LogP contribution in [0.2, 0.25) is 5.15 Å². The van der Waals surface area contributed by atoms with Gasteiger partial charge in [0.2, 0.25) is 0 Å². The molecule has 1 aromatic rings. The molecule has 42 valence electrons. The zero-order valence-electron chi connectivity index (χ0n) is 4.86. The minimum Gasteiger partial charge on any atom is -0.371 e. The van der Waals surface area contributed by atoms with Gasteiger partial charge >= 0.3 is 18.9 Å². The van der Waals surface area contributed by atoms with Crippen molar-refractivity contribution in [2.24, 2.45) is 0 Å². The maximum Gasteiger partial charge on any atom is 1.00 e. The van der Waals surface area contributed by atoms with Gasteiger partial charge in [-0.25, -0.2) is 0 Å². The molecule has 0 amide bonds. The second-order valence-corrected chi connectivity index (χ2v) is 2.34. The standard InChI is InChI=1S/C5H2BrClN.Li/c6-4-2-1-3-8-5(4)7;/h1,3H;/q-1;+1. The molecule has 1 nitrogen and oxygen atoms in total. The van der Waals surface area contributed by atoms with Crippen LogP contribution >= 0.6 is 27.5 Å². The van der Waals surface area contributed by atoms with E-state index in [9.17, 15) is 0 Å². The Hall–Kier alpha value is 0.517. The van der Waals surface area contributed by atoms with Crippen molar-refractivity contribution in [3.8, 4) is 0 Å². The van der Waals surface area contributed by atoms with Crippen LogP contribution in [0.3, 0.4) is 0 Å². The molecular formula is C5H2BrClLiN. The van der Waals surface area contributed by atoms with E-state index in [1.807, 2.05) is 0 Å². The average molecular weight is 198 g/mol. The SMILES string of the molecule is Clc1ncc[c-]c1Br.[Li+]. The van der Waals surface area contributed by atoms with Gasteiger partial charge in [-0.2, -0.15) is 12.1 Å². The largest absolute Gasteiger partial charge is 1.00 e. The molecule has 0 aliphatic rings. The maximum absolute atomic E-state index is 5.52. The number of aromatic nitrogens is 1. The van der Waals surface area contributed by atoms with E-state index in [2.05, 4.69) is 27.0 Å². The smallest absolute Gasteiger partial charge is 0.371 e. The third-order valence-electron chi connectivity index (χ3n) is 0.654. The van der Waals surface area contributed by atoms with Crippen LogP contribution in [0.5, 0.6) is 0 Å². The van der Waals surface area contributed by atoms with E-state index < -0.39 is 0 Å². The first-order chi connectivity index (χ1) is 3.80. The zero-order chi connectivity index (χ0) is 5.98. The Bertz CT molecular complexity index is 173. The minimum atomic E-state index is 0. The van der Waals surface area contributed by atoms with Crippen molar-refractivity contribution in [1.29, 1.82) is 0 Å². The van der Waals surface area contributed by atoms with Crippen molar-refractivity contribution in [1.82, 2.24) is 4.98 Å². The van der Waals surface area contributed by atoms with E-state index in [4.69, 9.17) is 11.6 Å². The topological polar surface area (TPSA) is 12.9 Å². The minimum absolute atomic E-state index is 0. The Morgan fingerprint density at radius 1 is 1.67 bits per heavy atom. The molecule has 0 radical (unpaired) electrons. The summed E-state index contributed by atoms with van der Waals surface area (Å²) < 4.78 is 0.710. The molecular weight excluding hydrogens is 196 g/mol.